The van der Waals surface area contributed by atoms with Crippen LogP contribution in [0.4, 0.5) is 11.6 Å². The van der Waals surface area contributed by atoms with E-state index >= 15 is 0 Å². The number of esters is 1. The van der Waals surface area contributed by atoms with Crippen molar-refractivity contribution in [1.29, 1.82) is 0 Å². The number of hydrogen-bond acceptors (Lipinski definition) is 6. The number of nitrogens with zero attached hydrogens (tertiary/aromatic N) is 4. The van der Waals surface area contributed by atoms with Crippen molar-refractivity contribution in [3.05, 3.63) is 65.2 Å². The average molecular weight is 466 g/mol. The molecule has 3 aromatic heterocycles. The standard InChI is InChI=1S/C22H20BrN5O2/c1-13(2)28-12-18(17-4-6-24-11-20(17)28)19-5-7-25-22(27-19)26-16-9-14(21(29)30-3)8-15(23)10-16/h4-13H,1-3H3,(H,25,26,27). The van der Waals surface area contributed by atoms with E-state index in [1.807, 2.05) is 24.4 Å². The summed E-state index contributed by atoms with van der Waals surface area (Å²) in [4.78, 5) is 25.2. The van der Waals surface area contributed by atoms with Crippen LogP contribution in [0, 0.1) is 0 Å². The van der Waals surface area contributed by atoms with Gasteiger partial charge in [0, 0.05) is 45.7 Å². The molecule has 152 valence electrons. The Labute approximate surface area is 182 Å². The lowest BCUT2D eigenvalue weighted by atomic mass is 10.1. The van der Waals surface area contributed by atoms with E-state index in [1.54, 1.807) is 24.5 Å². The van der Waals surface area contributed by atoms with Crippen molar-refractivity contribution < 1.29 is 9.53 Å². The maximum absolute atomic E-state index is 11.9. The highest BCUT2D eigenvalue weighted by atomic mass is 79.9. The van der Waals surface area contributed by atoms with Crippen molar-refractivity contribution in [2.45, 2.75) is 19.9 Å². The molecule has 30 heavy (non-hydrogen) atoms. The van der Waals surface area contributed by atoms with Gasteiger partial charge in [0.15, 0.2) is 0 Å². The average Bonchev–Trinajstić information content (AvgIpc) is 3.13. The monoisotopic (exact) mass is 465 g/mol. The second kappa shape index (κ2) is 8.23. The Morgan fingerprint density at radius 2 is 2.03 bits per heavy atom. The molecule has 0 radical (unpaired) electrons. The highest BCUT2D eigenvalue weighted by Gasteiger charge is 2.14. The number of fused-ring (bicyclic) bond motifs is 1. The maximum Gasteiger partial charge on any atom is 0.337 e. The van der Waals surface area contributed by atoms with Crippen LogP contribution in [0.5, 0.6) is 0 Å². The highest BCUT2D eigenvalue weighted by Crippen LogP contribution is 2.31. The van der Waals surface area contributed by atoms with Gasteiger partial charge in [-0.1, -0.05) is 15.9 Å². The molecule has 8 heteroatoms. The van der Waals surface area contributed by atoms with Gasteiger partial charge in [-0.25, -0.2) is 14.8 Å². The van der Waals surface area contributed by atoms with Crippen LogP contribution in [0.1, 0.15) is 30.2 Å². The molecule has 0 aliphatic rings. The number of benzene rings is 1. The number of aromatic nitrogens is 4. The largest absolute Gasteiger partial charge is 0.465 e. The predicted octanol–water partition coefficient (Wildman–Crippen LogP) is 5.37. The first-order chi connectivity index (χ1) is 14.5. The second-order valence-corrected chi connectivity index (χ2v) is 7.96. The van der Waals surface area contributed by atoms with Crippen molar-refractivity contribution >= 4 is 44.4 Å². The third-order valence-corrected chi connectivity index (χ3v) is 5.16. The Bertz CT molecular complexity index is 1240. The minimum atomic E-state index is -0.413. The normalized spacial score (nSPS) is 11.1. The second-order valence-electron chi connectivity index (χ2n) is 7.05. The fourth-order valence-electron chi connectivity index (χ4n) is 3.32. The molecule has 0 saturated heterocycles. The summed E-state index contributed by atoms with van der Waals surface area (Å²) < 4.78 is 7.74. The van der Waals surface area contributed by atoms with E-state index < -0.39 is 5.97 Å². The zero-order valence-electron chi connectivity index (χ0n) is 16.8. The van der Waals surface area contributed by atoms with Gasteiger partial charge in [-0.15, -0.1) is 0 Å². The van der Waals surface area contributed by atoms with Crippen LogP contribution < -0.4 is 5.32 Å². The minimum Gasteiger partial charge on any atom is -0.465 e. The molecule has 1 N–H and O–H groups in total. The molecule has 7 nitrogen and oxygen atoms in total. The maximum atomic E-state index is 11.9. The van der Waals surface area contributed by atoms with Crippen LogP contribution in [0.15, 0.2) is 59.6 Å². The molecule has 4 aromatic rings. The zero-order valence-corrected chi connectivity index (χ0v) is 18.3. The first-order valence-electron chi connectivity index (χ1n) is 9.40. The van der Waals surface area contributed by atoms with Crippen LogP contribution in [-0.2, 0) is 4.74 Å². The molecular weight excluding hydrogens is 446 g/mol. The molecule has 0 atom stereocenters. The molecule has 0 bridgehead atoms. The summed E-state index contributed by atoms with van der Waals surface area (Å²) in [7, 11) is 1.35. The SMILES string of the molecule is COC(=O)c1cc(Br)cc(Nc2nccc(-c3cn(C(C)C)c4cnccc34)n2)c1. The van der Waals surface area contributed by atoms with E-state index in [4.69, 9.17) is 9.72 Å². The van der Waals surface area contributed by atoms with Crippen molar-refractivity contribution in [1.82, 2.24) is 19.5 Å². The fraction of sp³-hybridized carbons (Fsp3) is 0.182. The Balaban J connectivity index is 1.72. The molecule has 3 heterocycles. The van der Waals surface area contributed by atoms with Crippen LogP contribution in [0.2, 0.25) is 0 Å². The molecule has 0 fully saturated rings. The van der Waals surface area contributed by atoms with Crippen LogP contribution in [-0.4, -0.2) is 32.6 Å². The number of nitrogens with one attached hydrogen (secondary N) is 1. The molecule has 4 rings (SSSR count). The summed E-state index contributed by atoms with van der Waals surface area (Å²) in [6, 6.07) is 9.41. The highest BCUT2D eigenvalue weighted by molar-refractivity contribution is 9.10. The van der Waals surface area contributed by atoms with Crippen molar-refractivity contribution in [3.63, 3.8) is 0 Å². The van der Waals surface area contributed by atoms with Gasteiger partial charge in [-0.3, -0.25) is 4.98 Å². The van der Waals surface area contributed by atoms with E-state index in [0.717, 1.165) is 26.6 Å². The molecule has 0 spiro atoms. The number of hydrogen-bond donors (Lipinski definition) is 1. The lowest BCUT2D eigenvalue weighted by molar-refractivity contribution is 0.0600. The van der Waals surface area contributed by atoms with E-state index in [1.165, 1.54) is 7.11 Å². The Kier molecular flexibility index (Phi) is 5.50. The van der Waals surface area contributed by atoms with Crippen molar-refractivity contribution in [3.8, 4) is 11.3 Å². The van der Waals surface area contributed by atoms with Crippen molar-refractivity contribution in [2.75, 3.05) is 12.4 Å². The van der Waals surface area contributed by atoms with Crippen LogP contribution in [0.25, 0.3) is 22.2 Å². The molecule has 0 aliphatic heterocycles. The molecule has 1 aromatic carbocycles. The van der Waals surface area contributed by atoms with Crippen molar-refractivity contribution in [2.24, 2.45) is 0 Å². The van der Waals surface area contributed by atoms with Gasteiger partial charge in [0.1, 0.15) is 0 Å². The van der Waals surface area contributed by atoms with E-state index in [9.17, 15) is 4.79 Å². The third-order valence-electron chi connectivity index (χ3n) is 4.70. The van der Waals surface area contributed by atoms with Gasteiger partial charge in [0.05, 0.1) is 30.1 Å². The predicted molar refractivity (Wildman–Crippen MR) is 120 cm³/mol. The van der Waals surface area contributed by atoms with Gasteiger partial charge in [-0.2, -0.15) is 0 Å². The summed E-state index contributed by atoms with van der Waals surface area (Å²) in [5.74, 6) is 0.0186. The lowest BCUT2D eigenvalue weighted by Crippen LogP contribution is -2.03. The van der Waals surface area contributed by atoms with E-state index in [2.05, 4.69) is 55.8 Å². The summed E-state index contributed by atoms with van der Waals surface area (Å²) >= 11 is 3.42. The first-order valence-corrected chi connectivity index (χ1v) is 10.2. The molecule has 0 unspecified atom stereocenters. The van der Waals surface area contributed by atoms with Gasteiger partial charge in [0.25, 0.3) is 0 Å². The number of rotatable bonds is 5. The van der Waals surface area contributed by atoms with Crippen LogP contribution in [0.3, 0.4) is 0 Å². The molecule has 0 saturated carbocycles. The number of carbonyl (C=O) groups is 1. The third kappa shape index (κ3) is 3.91. The Morgan fingerprint density at radius 1 is 1.20 bits per heavy atom. The lowest BCUT2D eigenvalue weighted by Gasteiger charge is -2.09. The van der Waals surface area contributed by atoms with Gasteiger partial charge < -0.3 is 14.6 Å². The van der Waals surface area contributed by atoms with Gasteiger partial charge in [-0.05, 0) is 44.2 Å². The number of ether oxygens (including phenoxy) is 1. The summed E-state index contributed by atoms with van der Waals surface area (Å²) in [6.07, 6.45) is 7.46. The minimum absolute atomic E-state index is 0.295. The number of carbonyl (C=O) groups excluding carboxylic acids is 1. The molecular formula is C22H20BrN5O2. The summed E-state index contributed by atoms with van der Waals surface area (Å²) in [5.41, 5.74) is 3.97. The number of anilines is 2. The number of halogens is 1. The molecule has 0 aliphatic carbocycles. The summed E-state index contributed by atoms with van der Waals surface area (Å²) in [6.45, 7) is 4.27. The zero-order chi connectivity index (χ0) is 21.3. The quantitative estimate of drug-likeness (QED) is 0.399. The Morgan fingerprint density at radius 3 is 2.80 bits per heavy atom. The number of pyridine rings is 1. The van der Waals surface area contributed by atoms with E-state index in [0.29, 0.717) is 23.2 Å². The van der Waals surface area contributed by atoms with Gasteiger partial charge in [0.2, 0.25) is 5.95 Å². The van der Waals surface area contributed by atoms with Crippen LogP contribution >= 0.6 is 15.9 Å². The topological polar surface area (TPSA) is 81.9 Å². The fourth-order valence-corrected chi connectivity index (χ4v) is 3.82. The van der Waals surface area contributed by atoms with E-state index in [-0.39, 0.29) is 0 Å². The molecule has 0 amide bonds. The smallest absolute Gasteiger partial charge is 0.337 e. The van der Waals surface area contributed by atoms with Gasteiger partial charge >= 0.3 is 5.97 Å². The number of methoxy groups -OCH3 is 1. The Hall–Kier alpha value is -3.26. The summed E-state index contributed by atoms with van der Waals surface area (Å²) in [5, 5.41) is 4.25. The first kappa shape index (κ1) is 20.0.